The fraction of sp³-hybridized carbons (Fsp3) is 0.662. The van der Waals surface area contributed by atoms with Crippen molar-refractivity contribution in [1.29, 1.82) is 0 Å². The molecule has 0 bridgehead atoms. The number of hydrogen-bond donors (Lipinski definition) is 23. The van der Waals surface area contributed by atoms with Crippen molar-refractivity contribution in [2.75, 3.05) is 39.3 Å². The number of unbranched alkanes of at least 4 members (excludes halogenated alkanes) is 2. The summed E-state index contributed by atoms with van der Waals surface area (Å²) < 4.78 is 0. The molecule has 0 saturated heterocycles. The van der Waals surface area contributed by atoms with Crippen LogP contribution in [0.15, 0.2) is 34.3 Å². The largest absolute Gasteiger partial charge is 0.508 e. The number of primary amides is 2. The topological polar surface area (TPSA) is 694 Å². The quantitative estimate of drug-likeness (QED) is 0.0164. The molecule has 1 rings (SSSR count). The Labute approximate surface area is 628 Å². The van der Waals surface area contributed by atoms with Crippen molar-refractivity contribution in [2.24, 2.45) is 73.6 Å². The summed E-state index contributed by atoms with van der Waals surface area (Å²) in [5.74, 6) is -15.9. The molecule has 40 heteroatoms. The Bertz CT molecular complexity index is 3190. The summed E-state index contributed by atoms with van der Waals surface area (Å²) in [5.41, 5.74) is 44.9. The lowest BCUT2D eigenvalue weighted by Gasteiger charge is -2.28. The Morgan fingerprint density at radius 1 is 0.398 bits per heavy atom. The number of carbonyl (C=O) groups excluding carboxylic acids is 14. The maximum absolute atomic E-state index is 14.6. The summed E-state index contributed by atoms with van der Waals surface area (Å²) in [4.78, 5) is 212. The number of rotatable bonds is 55. The molecule has 40 nitrogen and oxygen atoms in total. The molecule has 108 heavy (non-hydrogen) atoms. The summed E-state index contributed by atoms with van der Waals surface area (Å²) in [6.07, 6.45) is -1.39. The van der Waals surface area contributed by atoms with Gasteiger partial charge < -0.3 is 125 Å². The van der Waals surface area contributed by atoms with E-state index in [9.17, 15) is 87.2 Å². The summed E-state index contributed by atoms with van der Waals surface area (Å²) in [5, 5.41) is 60.8. The third-order valence-corrected chi connectivity index (χ3v) is 16.3. The number of hydrogen-bond acceptors (Lipinski definition) is 21. The normalized spacial score (nSPS) is 14.1. The molecule has 14 amide bonds. The van der Waals surface area contributed by atoms with Gasteiger partial charge in [0.25, 0.3) is 0 Å². The Balaban J connectivity index is 3.83. The van der Waals surface area contributed by atoms with Crippen LogP contribution in [0.3, 0.4) is 0 Å². The number of phenolic OH excluding ortho intramolecular Hbond substituents is 1. The Kier molecular flexibility index (Phi) is 45.7. The Morgan fingerprint density at radius 2 is 0.731 bits per heavy atom. The molecule has 608 valence electrons. The van der Waals surface area contributed by atoms with Crippen molar-refractivity contribution in [3.05, 3.63) is 29.8 Å². The van der Waals surface area contributed by atoms with E-state index in [1.165, 1.54) is 31.2 Å². The van der Waals surface area contributed by atoms with Gasteiger partial charge in [0.05, 0.1) is 13.2 Å². The van der Waals surface area contributed by atoms with Crippen LogP contribution < -0.4 is 110 Å². The summed E-state index contributed by atoms with van der Waals surface area (Å²) in [6.45, 7) is 10.3. The van der Waals surface area contributed by atoms with Gasteiger partial charge >= 0.3 is 5.97 Å². The first kappa shape index (κ1) is 95.5. The van der Waals surface area contributed by atoms with Crippen LogP contribution in [0.25, 0.3) is 0 Å². The number of carbonyl (C=O) groups is 15. The zero-order valence-corrected chi connectivity index (χ0v) is 62.8. The van der Waals surface area contributed by atoms with E-state index >= 15 is 0 Å². The minimum Gasteiger partial charge on any atom is -0.508 e. The van der Waals surface area contributed by atoms with Gasteiger partial charge in [-0.1, -0.05) is 53.7 Å². The van der Waals surface area contributed by atoms with Crippen LogP contribution in [-0.4, -0.2) is 222 Å². The molecular weight excluding hydrogens is 1410 g/mol. The van der Waals surface area contributed by atoms with Gasteiger partial charge in [-0.2, -0.15) is 0 Å². The standard InChI is InChI=1S/C68H118N22O18/c1-36(2)30-48(56(72)98)81-54(95)34-79-57(99)49(31-37(3)4)87-64(106)50(32-38(5)6)88-63(105)46(22-24-53(71)94)85-62(104)47(23-25-55(96)97)86-60(102)44(16-12-28-77-67(73)74)84-66(108)52(35-91)90-65(107)51(33-40-18-20-41(93)21-19-40)89-61(103)45(17-13-29-78-68(75)76)83-59(101)43(15-9-11-27-70)82-58(100)42(80-39(7)92)14-8-10-26-69/h18-21,36-38,42-52,91,93H,8-17,22-35,69-70H2,1-7H3,(H2,71,94)(H2,72,98)(H,79,99)(H,80,92)(H,81,95)(H,82,100)(H,83,101)(H,84,108)(H,85,104)(H,86,102)(H,87,106)(H,88,105)(H,89,103)(H,90,107)(H,96,97)(H4,73,74,77)(H4,75,76,78)/t42-,43-,44-,45-,46-,47-,48-,49-,50-,51-,52-/m0/s1. The third kappa shape index (κ3) is 40.8. The fourth-order valence-corrected chi connectivity index (χ4v) is 10.8. The zero-order chi connectivity index (χ0) is 81.8. The third-order valence-electron chi connectivity index (χ3n) is 16.3. The van der Waals surface area contributed by atoms with Gasteiger partial charge in [0.2, 0.25) is 82.7 Å². The highest BCUT2D eigenvalue weighted by molar-refractivity contribution is 6.00. The number of aliphatic hydroxyl groups excluding tert-OH is 1. The maximum atomic E-state index is 14.6. The van der Waals surface area contributed by atoms with Crippen LogP contribution in [-0.2, 0) is 78.3 Å². The predicted octanol–water partition coefficient (Wildman–Crippen LogP) is -6.48. The second-order valence-corrected chi connectivity index (χ2v) is 27.4. The van der Waals surface area contributed by atoms with Crippen LogP contribution in [0.4, 0.5) is 0 Å². The number of aliphatic carboxylic acids is 1. The van der Waals surface area contributed by atoms with Crippen LogP contribution in [0.1, 0.15) is 163 Å². The monoisotopic (exact) mass is 1530 g/mol. The number of phenols is 1. The molecule has 31 N–H and O–H groups in total. The van der Waals surface area contributed by atoms with Crippen LogP contribution in [0.5, 0.6) is 5.75 Å². The van der Waals surface area contributed by atoms with E-state index < -0.39 is 194 Å². The van der Waals surface area contributed by atoms with Gasteiger partial charge in [0.1, 0.15) is 72.2 Å². The number of nitrogens with one attached hydrogen (secondary N) is 12. The number of carboxylic acids is 1. The highest BCUT2D eigenvalue weighted by atomic mass is 16.4. The molecule has 0 aliphatic rings. The average Bonchev–Trinajstić information content (AvgIpc) is 0.859. The molecule has 1 aromatic rings. The minimum absolute atomic E-state index is 0.0230. The second-order valence-electron chi connectivity index (χ2n) is 27.4. The molecule has 0 saturated carbocycles. The number of carboxylic acid groups (broad SMARTS) is 1. The number of amides is 14. The van der Waals surface area contributed by atoms with E-state index in [-0.39, 0.29) is 119 Å². The molecule has 0 radical (unpaired) electrons. The summed E-state index contributed by atoms with van der Waals surface area (Å²) in [6, 6.07) is -11.2. The lowest BCUT2D eigenvalue weighted by atomic mass is 9.99. The number of nitrogens with two attached hydrogens (primary N) is 8. The fourth-order valence-electron chi connectivity index (χ4n) is 10.8. The SMILES string of the molecule is CC(=O)N[C@@H](CCCCN)C(=O)N[C@@H](CCCCN)C(=O)N[C@@H](CCCN=C(N)N)C(=O)N[C@@H](Cc1ccc(O)cc1)C(=O)N[C@@H](CO)C(=O)N[C@@H](CCCN=C(N)N)C(=O)N[C@@H](CCC(=O)O)C(=O)N[C@@H](CCC(N)=O)C(=O)N[C@@H](CC(C)C)C(=O)N[C@@H](CC(C)C)C(=O)NCC(=O)N[C@@H](CC(C)C)C(N)=O. The first-order chi connectivity index (χ1) is 50.8. The lowest BCUT2D eigenvalue weighted by Crippen LogP contribution is -2.61. The van der Waals surface area contributed by atoms with Gasteiger partial charge in [-0.15, -0.1) is 0 Å². The Hall–Kier alpha value is -10.5. The molecule has 1 aromatic carbocycles. The highest BCUT2D eigenvalue weighted by Gasteiger charge is 2.37. The van der Waals surface area contributed by atoms with Crippen LogP contribution >= 0.6 is 0 Å². The first-order valence-electron chi connectivity index (χ1n) is 36.1. The average molecular weight is 1530 g/mol. The van der Waals surface area contributed by atoms with Crippen molar-refractivity contribution < 1.29 is 87.2 Å². The molecule has 0 aliphatic carbocycles. The minimum atomic E-state index is -1.96. The molecule has 11 atom stereocenters. The smallest absolute Gasteiger partial charge is 0.303 e. The molecule has 0 spiro atoms. The van der Waals surface area contributed by atoms with Gasteiger partial charge in [-0.05, 0) is 145 Å². The van der Waals surface area contributed by atoms with Crippen molar-refractivity contribution in [3.8, 4) is 5.75 Å². The highest BCUT2D eigenvalue weighted by Crippen LogP contribution is 2.16. The lowest BCUT2D eigenvalue weighted by molar-refractivity contribution is -0.139. The number of guanidine groups is 2. The van der Waals surface area contributed by atoms with E-state index in [0.717, 1.165) is 0 Å². The van der Waals surface area contributed by atoms with E-state index in [2.05, 4.69) is 73.8 Å². The second kappa shape index (κ2) is 51.7. The number of aliphatic imine (C=N–C) groups is 2. The number of aliphatic hydroxyl groups is 1. The number of aromatic hydroxyl groups is 1. The van der Waals surface area contributed by atoms with Crippen molar-refractivity contribution in [2.45, 2.75) is 231 Å². The van der Waals surface area contributed by atoms with E-state index in [0.29, 0.717) is 37.8 Å². The molecule has 0 aliphatic heterocycles. The van der Waals surface area contributed by atoms with E-state index in [1.54, 1.807) is 27.7 Å². The summed E-state index contributed by atoms with van der Waals surface area (Å²) >= 11 is 0. The van der Waals surface area contributed by atoms with Gasteiger partial charge in [-0.3, -0.25) is 81.9 Å². The Morgan fingerprint density at radius 3 is 1.10 bits per heavy atom. The van der Waals surface area contributed by atoms with Crippen LogP contribution in [0, 0.1) is 17.8 Å². The predicted molar refractivity (Wildman–Crippen MR) is 397 cm³/mol. The van der Waals surface area contributed by atoms with E-state index in [1.807, 2.05) is 13.8 Å². The molecule has 0 unspecified atom stereocenters. The number of nitrogens with zero attached hydrogens (tertiary/aromatic N) is 2. The summed E-state index contributed by atoms with van der Waals surface area (Å²) in [7, 11) is 0. The van der Waals surface area contributed by atoms with Gasteiger partial charge in [0, 0.05) is 39.3 Å². The molecule has 0 aromatic heterocycles. The van der Waals surface area contributed by atoms with Crippen molar-refractivity contribution in [3.63, 3.8) is 0 Å². The molecule has 0 fully saturated rings. The van der Waals surface area contributed by atoms with Gasteiger partial charge in [-0.25, -0.2) is 0 Å². The zero-order valence-electron chi connectivity index (χ0n) is 62.8. The molecule has 0 heterocycles. The molecular formula is C68H118N22O18. The number of benzene rings is 1. The van der Waals surface area contributed by atoms with Crippen LogP contribution in [0.2, 0.25) is 0 Å². The maximum Gasteiger partial charge on any atom is 0.303 e. The van der Waals surface area contributed by atoms with Gasteiger partial charge in [0.15, 0.2) is 11.9 Å². The van der Waals surface area contributed by atoms with E-state index in [4.69, 9.17) is 45.9 Å². The van der Waals surface area contributed by atoms with Crippen molar-refractivity contribution in [1.82, 2.24) is 63.8 Å². The van der Waals surface area contributed by atoms with Crippen molar-refractivity contribution >= 4 is 101 Å². The first-order valence-corrected chi connectivity index (χ1v) is 36.1.